The highest BCUT2D eigenvalue weighted by Gasteiger charge is 2.56. The molecule has 0 saturated heterocycles. The summed E-state index contributed by atoms with van der Waals surface area (Å²) in [4.78, 5) is 0. The SMILES string of the molecule is C=C1[C@H]2C=C[C@@H]1[C@@H]1C[C@@H]12. The molecule has 0 spiro atoms. The molecule has 2 fully saturated rings. The topological polar surface area (TPSA) is 0 Å². The lowest BCUT2D eigenvalue weighted by molar-refractivity contribution is 0.665. The number of allylic oxidation sites excluding steroid dienone is 3. The Balaban J connectivity index is 2.17. The molecule has 0 N–H and O–H groups in total. The van der Waals surface area contributed by atoms with E-state index in [1.54, 1.807) is 0 Å². The largest absolute Gasteiger partial charge is 0.0986 e. The van der Waals surface area contributed by atoms with E-state index in [-0.39, 0.29) is 0 Å². The summed E-state index contributed by atoms with van der Waals surface area (Å²) < 4.78 is 0. The molecule has 0 amide bonds. The average Bonchev–Trinajstić information content (AvgIpc) is 2.53. The van der Waals surface area contributed by atoms with Gasteiger partial charge in [-0.05, 0) is 18.3 Å². The molecule has 0 aromatic rings. The Labute approximate surface area is 55.3 Å². The van der Waals surface area contributed by atoms with Gasteiger partial charge in [0.05, 0.1) is 0 Å². The fourth-order valence-corrected chi connectivity index (χ4v) is 2.61. The standard InChI is InChI=1S/C9H10/c1-5-6-2-3-7(5)9-4-8(6)9/h2-3,6-9H,1,4H2/t6-,7+,8-,9+. The summed E-state index contributed by atoms with van der Waals surface area (Å²) in [6.07, 6.45) is 6.21. The zero-order valence-electron chi connectivity index (χ0n) is 5.38. The van der Waals surface area contributed by atoms with Crippen molar-refractivity contribution in [2.45, 2.75) is 6.42 Å². The van der Waals surface area contributed by atoms with Crippen LogP contribution < -0.4 is 0 Å². The van der Waals surface area contributed by atoms with Gasteiger partial charge in [-0.3, -0.25) is 0 Å². The predicted octanol–water partition coefficient (Wildman–Crippen LogP) is 1.99. The summed E-state index contributed by atoms with van der Waals surface area (Å²) in [7, 11) is 0. The maximum absolute atomic E-state index is 4.10. The molecule has 0 aliphatic heterocycles. The lowest BCUT2D eigenvalue weighted by Crippen LogP contribution is -1.94. The van der Waals surface area contributed by atoms with Gasteiger partial charge in [-0.25, -0.2) is 0 Å². The van der Waals surface area contributed by atoms with E-state index in [0.717, 1.165) is 23.7 Å². The Morgan fingerprint density at radius 2 is 1.78 bits per heavy atom. The minimum absolute atomic E-state index is 0.806. The summed E-state index contributed by atoms with van der Waals surface area (Å²) >= 11 is 0. The van der Waals surface area contributed by atoms with E-state index in [2.05, 4.69) is 18.7 Å². The lowest BCUT2D eigenvalue weighted by atomic mass is 10.0. The van der Waals surface area contributed by atoms with Gasteiger partial charge >= 0.3 is 0 Å². The minimum Gasteiger partial charge on any atom is -0.0986 e. The van der Waals surface area contributed by atoms with Crippen molar-refractivity contribution in [1.82, 2.24) is 0 Å². The first-order valence-corrected chi connectivity index (χ1v) is 3.75. The highest BCUT2D eigenvalue weighted by Crippen LogP contribution is 2.64. The van der Waals surface area contributed by atoms with Crippen LogP contribution in [0.2, 0.25) is 0 Å². The van der Waals surface area contributed by atoms with Crippen molar-refractivity contribution >= 4 is 0 Å². The summed E-state index contributed by atoms with van der Waals surface area (Å²) in [5.74, 6) is 3.68. The lowest BCUT2D eigenvalue weighted by Gasteiger charge is -2.04. The Morgan fingerprint density at radius 3 is 2.11 bits per heavy atom. The van der Waals surface area contributed by atoms with E-state index >= 15 is 0 Å². The predicted molar refractivity (Wildman–Crippen MR) is 36.9 cm³/mol. The normalized spacial score (nSPS) is 58.4. The molecule has 0 unspecified atom stereocenters. The summed E-state index contributed by atoms with van der Waals surface area (Å²) in [6.45, 7) is 4.10. The third-order valence-corrected chi connectivity index (χ3v) is 3.20. The molecule has 2 saturated carbocycles. The van der Waals surface area contributed by atoms with Gasteiger partial charge in [0.25, 0.3) is 0 Å². The zero-order chi connectivity index (χ0) is 6.01. The van der Waals surface area contributed by atoms with E-state index in [4.69, 9.17) is 0 Å². The zero-order valence-corrected chi connectivity index (χ0v) is 5.38. The summed E-state index contributed by atoms with van der Waals surface area (Å²) in [5, 5.41) is 0. The van der Waals surface area contributed by atoms with Crippen LogP contribution in [0.5, 0.6) is 0 Å². The third kappa shape index (κ3) is 0.320. The van der Waals surface area contributed by atoms with E-state index in [1.165, 1.54) is 12.0 Å². The average molecular weight is 118 g/mol. The van der Waals surface area contributed by atoms with Crippen LogP contribution in [0.1, 0.15) is 6.42 Å². The molecule has 3 aliphatic rings. The minimum atomic E-state index is 0.806. The first-order valence-electron chi connectivity index (χ1n) is 3.75. The van der Waals surface area contributed by atoms with Gasteiger partial charge in [-0.2, -0.15) is 0 Å². The van der Waals surface area contributed by atoms with Gasteiger partial charge in [-0.15, -0.1) is 0 Å². The van der Waals surface area contributed by atoms with Crippen LogP contribution in [0, 0.1) is 23.7 Å². The molecule has 0 heterocycles. The van der Waals surface area contributed by atoms with Gasteiger partial charge in [-0.1, -0.05) is 24.3 Å². The van der Waals surface area contributed by atoms with Crippen molar-refractivity contribution in [1.29, 1.82) is 0 Å². The quantitative estimate of drug-likeness (QED) is 0.427. The van der Waals surface area contributed by atoms with Crippen LogP contribution in [-0.4, -0.2) is 0 Å². The van der Waals surface area contributed by atoms with Crippen molar-refractivity contribution in [2.24, 2.45) is 23.7 Å². The molecule has 0 aromatic heterocycles. The molecule has 0 heteroatoms. The molecular formula is C9H10. The van der Waals surface area contributed by atoms with Crippen LogP contribution in [0.4, 0.5) is 0 Å². The number of hydrogen-bond acceptors (Lipinski definition) is 0. The Hall–Kier alpha value is -0.520. The summed E-state index contributed by atoms with van der Waals surface area (Å²) in [5.41, 5.74) is 1.51. The maximum atomic E-state index is 4.10. The maximum Gasteiger partial charge on any atom is 0.00116 e. The van der Waals surface area contributed by atoms with Crippen molar-refractivity contribution < 1.29 is 0 Å². The van der Waals surface area contributed by atoms with Gasteiger partial charge in [0, 0.05) is 11.8 Å². The van der Waals surface area contributed by atoms with Gasteiger partial charge in [0.15, 0.2) is 0 Å². The fourth-order valence-electron chi connectivity index (χ4n) is 2.61. The van der Waals surface area contributed by atoms with Crippen LogP contribution in [-0.2, 0) is 0 Å². The Bertz CT molecular complexity index is 192. The second-order valence-corrected chi connectivity index (χ2v) is 3.57. The van der Waals surface area contributed by atoms with E-state index < -0.39 is 0 Å². The number of fused-ring (bicyclic) bond motifs is 5. The van der Waals surface area contributed by atoms with Crippen molar-refractivity contribution in [3.05, 3.63) is 24.3 Å². The Kier molecular flexibility index (Phi) is 0.493. The van der Waals surface area contributed by atoms with Gasteiger partial charge < -0.3 is 0 Å². The van der Waals surface area contributed by atoms with E-state index in [1.807, 2.05) is 0 Å². The molecule has 0 nitrogen and oxygen atoms in total. The fraction of sp³-hybridized carbons (Fsp3) is 0.556. The molecule has 4 atom stereocenters. The molecule has 2 bridgehead atoms. The molecule has 3 rings (SSSR count). The van der Waals surface area contributed by atoms with Crippen molar-refractivity contribution in [2.75, 3.05) is 0 Å². The second-order valence-electron chi connectivity index (χ2n) is 3.57. The highest BCUT2D eigenvalue weighted by atomic mass is 14.6. The van der Waals surface area contributed by atoms with E-state index in [0.29, 0.717) is 0 Å². The molecule has 9 heavy (non-hydrogen) atoms. The highest BCUT2D eigenvalue weighted by molar-refractivity contribution is 5.37. The molecular weight excluding hydrogens is 108 g/mol. The van der Waals surface area contributed by atoms with Crippen LogP contribution in [0.15, 0.2) is 24.3 Å². The third-order valence-electron chi connectivity index (χ3n) is 3.20. The first-order chi connectivity index (χ1) is 4.38. The molecule has 3 aliphatic carbocycles. The van der Waals surface area contributed by atoms with Crippen LogP contribution >= 0.6 is 0 Å². The van der Waals surface area contributed by atoms with Gasteiger partial charge in [0.2, 0.25) is 0 Å². The van der Waals surface area contributed by atoms with Crippen molar-refractivity contribution in [3.63, 3.8) is 0 Å². The Morgan fingerprint density at radius 1 is 1.22 bits per heavy atom. The smallest absolute Gasteiger partial charge is 0.00116 e. The molecule has 0 radical (unpaired) electrons. The number of hydrogen-bond donors (Lipinski definition) is 0. The molecule has 0 aromatic carbocycles. The summed E-state index contributed by atoms with van der Waals surface area (Å²) in [6, 6.07) is 0. The second kappa shape index (κ2) is 1.03. The van der Waals surface area contributed by atoms with E-state index in [9.17, 15) is 0 Å². The van der Waals surface area contributed by atoms with Gasteiger partial charge in [0.1, 0.15) is 0 Å². The number of rotatable bonds is 0. The van der Waals surface area contributed by atoms with Crippen LogP contribution in [0.3, 0.4) is 0 Å². The van der Waals surface area contributed by atoms with Crippen molar-refractivity contribution in [3.8, 4) is 0 Å². The monoisotopic (exact) mass is 118 g/mol. The van der Waals surface area contributed by atoms with Crippen LogP contribution in [0.25, 0.3) is 0 Å². The molecule has 46 valence electrons. The first kappa shape index (κ1) is 4.32.